The Morgan fingerprint density at radius 1 is 0.963 bits per heavy atom. The maximum Gasteiger partial charge on any atom is 0.256 e. The zero-order valence-corrected chi connectivity index (χ0v) is 18.0. The lowest BCUT2D eigenvalue weighted by Gasteiger charge is -2.30. The Labute approximate surface area is 168 Å². The molecule has 1 aromatic rings. The number of rotatable bonds is 5. The van der Waals surface area contributed by atoms with E-state index in [0.29, 0.717) is 0 Å². The normalized spacial score (nSPS) is 27.2. The van der Waals surface area contributed by atoms with Gasteiger partial charge in [-0.2, -0.15) is 0 Å². The van der Waals surface area contributed by atoms with E-state index in [9.17, 15) is 25.3 Å². The second-order valence-corrected chi connectivity index (χ2v) is 13.7. The summed E-state index contributed by atoms with van der Waals surface area (Å²) in [4.78, 5) is -0.158. The second kappa shape index (κ2) is 7.43. The predicted octanol–water partition coefficient (Wildman–Crippen LogP) is 0.863. The quantitative estimate of drug-likeness (QED) is 0.625. The number of halogens is 2. The van der Waals surface area contributed by atoms with Crippen molar-refractivity contribution in [2.45, 2.75) is 29.8 Å². The summed E-state index contributed by atoms with van der Waals surface area (Å²) in [6, 6.07) is 2.34. The molecule has 2 saturated heterocycles. The molecule has 27 heavy (non-hydrogen) atoms. The SMILES string of the molecule is O=S1(=O)CC[C@@H](NN([C@H]2CCS(=O)(=O)C2)S(=O)(=O)c2ccc(Cl)c(Cl)c2)C1. The van der Waals surface area contributed by atoms with Gasteiger partial charge in [0.05, 0.1) is 44.0 Å². The molecule has 2 aliphatic rings. The summed E-state index contributed by atoms with van der Waals surface area (Å²) >= 11 is 11.8. The van der Waals surface area contributed by atoms with Gasteiger partial charge in [0.25, 0.3) is 10.0 Å². The molecular formula is C14H18Cl2N2O6S3. The van der Waals surface area contributed by atoms with Gasteiger partial charge >= 0.3 is 0 Å². The van der Waals surface area contributed by atoms with Crippen LogP contribution in [-0.4, -0.2) is 64.8 Å². The van der Waals surface area contributed by atoms with Crippen LogP contribution in [-0.2, 0) is 29.7 Å². The monoisotopic (exact) mass is 476 g/mol. The van der Waals surface area contributed by atoms with Crippen molar-refractivity contribution in [3.8, 4) is 0 Å². The number of benzene rings is 1. The van der Waals surface area contributed by atoms with Crippen molar-refractivity contribution in [3.05, 3.63) is 28.2 Å². The molecule has 3 rings (SSSR count). The Morgan fingerprint density at radius 3 is 2.11 bits per heavy atom. The van der Waals surface area contributed by atoms with Gasteiger partial charge in [0, 0.05) is 6.04 Å². The van der Waals surface area contributed by atoms with Gasteiger partial charge < -0.3 is 0 Å². The van der Waals surface area contributed by atoms with E-state index < -0.39 is 41.8 Å². The summed E-state index contributed by atoms with van der Waals surface area (Å²) in [5, 5.41) is 0.223. The summed E-state index contributed by atoms with van der Waals surface area (Å²) in [5.74, 6) is -0.718. The average Bonchev–Trinajstić information content (AvgIpc) is 3.08. The molecule has 0 aliphatic carbocycles. The van der Waals surface area contributed by atoms with E-state index >= 15 is 0 Å². The minimum Gasteiger partial charge on any atom is -0.237 e. The van der Waals surface area contributed by atoms with Gasteiger partial charge in [-0.05, 0) is 31.0 Å². The first-order valence-corrected chi connectivity index (χ1v) is 13.9. The van der Waals surface area contributed by atoms with E-state index in [1.165, 1.54) is 18.2 Å². The van der Waals surface area contributed by atoms with E-state index in [4.69, 9.17) is 23.2 Å². The first kappa shape index (κ1) is 21.3. The molecule has 0 saturated carbocycles. The van der Waals surface area contributed by atoms with Crippen LogP contribution >= 0.6 is 23.2 Å². The number of sulfone groups is 2. The summed E-state index contributed by atoms with van der Waals surface area (Å²) < 4.78 is 74.4. The van der Waals surface area contributed by atoms with Gasteiger partial charge in [-0.1, -0.05) is 23.2 Å². The van der Waals surface area contributed by atoms with Gasteiger partial charge in [-0.15, -0.1) is 4.41 Å². The van der Waals surface area contributed by atoms with Crippen LogP contribution in [0.25, 0.3) is 0 Å². The molecule has 2 aliphatic heterocycles. The Bertz CT molecular complexity index is 1060. The first-order chi connectivity index (χ1) is 12.4. The van der Waals surface area contributed by atoms with Gasteiger partial charge in [-0.3, -0.25) is 0 Å². The minimum absolute atomic E-state index is 0.0418. The highest BCUT2D eigenvalue weighted by Gasteiger charge is 2.41. The van der Waals surface area contributed by atoms with E-state index in [2.05, 4.69) is 5.43 Å². The molecule has 0 radical (unpaired) electrons. The van der Waals surface area contributed by atoms with Gasteiger partial charge in [-0.25, -0.2) is 30.7 Å². The molecule has 0 spiro atoms. The number of nitrogens with one attached hydrogen (secondary N) is 1. The number of sulfonamides is 1. The van der Waals surface area contributed by atoms with Crippen molar-refractivity contribution in [2.24, 2.45) is 0 Å². The van der Waals surface area contributed by atoms with Crippen LogP contribution < -0.4 is 5.43 Å². The van der Waals surface area contributed by atoms with Crippen molar-refractivity contribution >= 4 is 52.9 Å². The Morgan fingerprint density at radius 2 is 1.59 bits per heavy atom. The lowest BCUT2D eigenvalue weighted by Crippen LogP contribution is -2.54. The zero-order chi connectivity index (χ0) is 20.0. The lowest BCUT2D eigenvalue weighted by molar-refractivity contribution is 0.229. The van der Waals surface area contributed by atoms with Crippen LogP contribution in [0.3, 0.4) is 0 Å². The number of nitrogens with zero attached hydrogens (tertiary/aromatic N) is 1. The van der Waals surface area contributed by atoms with E-state index in [-0.39, 0.29) is 50.8 Å². The van der Waals surface area contributed by atoms with Crippen molar-refractivity contribution in [1.29, 1.82) is 0 Å². The van der Waals surface area contributed by atoms with Crippen molar-refractivity contribution in [3.63, 3.8) is 0 Å². The molecule has 1 aromatic carbocycles. The minimum atomic E-state index is -4.18. The maximum absolute atomic E-state index is 13.2. The third-order valence-corrected chi connectivity index (χ3v) is 10.6. The second-order valence-electron chi connectivity index (χ2n) is 6.66. The predicted molar refractivity (Wildman–Crippen MR) is 103 cm³/mol. The Balaban J connectivity index is 1.96. The van der Waals surface area contributed by atoms with Crippen LogP contribution in [0.4, 0.5) is 0 Å². The highest BCUT2D eigenvalue weighted by molar-refractivity contribution is 7.92. The molecule has 2 atom stereocenters. The lowest BCUT2D eigenvalue weighted by atomic mass is 10.2. The Kier molecular flexibility index (Phi) is 5.86. The van der Waals surface area contributed by atoms with Gasteiger partial charge in [0.2, 0.25) is 0 Å². The third-order valence-electron chi connectivity index (χ3n) is 4.53. The average molecular weight is 477 g/mol. The van der Waals surface area contributed by atoms with Crippen LogP contribution in [0.1, 0.15) is 12.8 Å². The van der Waals surface area contributed by atoms with Crippen LogP contribution in [0.15, 0.2) is 23.1 Å². The molecular weight excluding hydrogens is 459 g/mol. The highest BCUT2D eigenvalue weighted by atomic mass is 35.5. The fraction of sp³-hybridized carbons (Fsp3) is 0.571. The smallest absolute Gasteiger partial charge is 0.237 e. The Hall–Kier alpha value is -0.430. The van der Waals surface area contributed by atoms with Gasteiger partial charge in [0.15, 0.2) is 19.7 Å². The molecule has 152 valence electrons. The first-order valence-electron chi connectivity index (χ1n) is 8.06. The summed E-state index contributed by atoms with van der Waals surface area (Å²) in [7, 11) is -10.8. The van der Waals surface area contributed by atoms with E-state index in [1.54, 1.807) is 0 Å². The third kappa shape index (κ3) is 4.77. The number of hydrazine groups is 1. The fourth-order valence-corrected chi connectivity index (χ4v) is 8.57. The van der Waals surface area contributed by atoms with Crippen LogP contribution in [0.2, 0.25) is 10.0 Å². The van der Waals surface area contributed by atoms with Crippen LogP contribution in [0, 0.1) is 0 Å². The topological polar surface area (TPSA) is 118 Å². The summed E-state index contributed by atoms with van der Waals surface area (Å²) in [5.41, 5.74) is 2.75. The molecule has 0 amide bonds. The summed E-state index contributed by atoms with van der Waals surface area (Å²) in [6.07, 6.45) is 0.366. The standard InChI is InChI=1S/C14H18Cl2N2O6S3/c15-13-2-1-12(7-14(13)16)27(23,24)18(11-4-6-26(21,22)9-11)17-10-3-5-25(19,20)8-10/h1-2,7,10-11,17H,3-6,8-9H2/t10-,11+/m1/s1. The van der Waals surface area contributed by atoms with E-state index in [0.717, 1.165) is 4.41 Å². The fourth-order valence-electron chi connectivity index (χ4n) is 3.16. The molecule has 8 nitrogen and oxygen atoms in total. The molecule has 0 unspecified atom stereocenters. The van der Waals surface area contributed by atoms with Crippen molar-refractivity contribution in [1.82, 2.24) is 9.84 Å². The number of hydrogen-bond donors (Lipinski definition) is 1. The molecule has 2 heterocycles. The van der Waals surface area contributed by atoms with Gasteiger partial charge in [0.1, 0.15) is 0 Å². The molecule has 13 heteroatoms. The molecule has 0 bridgehead atoms. The highest BCUT2D eigenvalue weighted by Crippen LogP contribution is 2.29. The van der Waals surface area contributed by atoms with Crippen LogP contribution in [0.5, 0.6) is 0 Å². The zero-order valence-electron chi connectivity index (χ0n) is 14.0. The molecule has 1 N–H and O–H groups in total. The summed E-state index contributed by atoms with van der Waals surface area (Å²) in [6.45, 7) is 0. The largest absolute Gasteiger partial charge is 0.256 e. The van der Waals surface area contributed by atoms with E-state index in [1.807, 2.05) is 0 Å². The molecule has 2 fully saturated rings. The molecule has 0 aromatic heterocycles. The van der Waals surface area contributed by atoms with Crippen molar-refractivity contribution in [2.75, 3.05) is 23.0 Å². The maximum atomic E-state index is 13.2. The number of hydrogen-bond acceptors (Lipinski definition) is 7. The van der Waals surface area contributed by atoms with Crippen molar-refractivity contribution < 1.29 is 25.3 Å².